The number of nitrogens with one attached hydrogen (secondary N) is 1. The molecule has 0 aliphatic rings. The molecular formula is C17H27NO3S. The van der Waals surface area contributed by atoms with Crippen LogP contribution in [-0.4, -0.2) is 21.7 Å². The van der Waals surface area contributed by atoms with Crippen LogP contribution in [0.3, 0.4) is 0 Å². The van der Waals surface area contributed by atoms with Gasteiger partial charge >= 0.3 is 5.97 Å². The molecule has 0 bridgehead atoms. The standard InChI is InChI=1S/C17H27NO3S/c1-10-8-11(2)15(12(3)9-10)22(21)18-14(16(19)20)13(4)17(5,6)7/h8-9,13-14,18H,1-7H3,(H,19,20)/t13-,14+,22?/m1/s1. The molecule has 1 aromatic rings. The van der Waals surface area contributed by atoms with Gasteiger partial charge in [0.2, 0.25) is 0 Å². The van der Waals surface area contributed by atoms with Crippen molar-refractivity contribution in [3.63, 3.8) is 0 Å². The lowest BCUT2D eigenvalue weighted by molar-refractivity contribution is -0.141. The molecule has 2 N–H and O–H groups in total. The summed E-state index contributed by atoms with van der Waals surface area (Å²) in [6.07, 6.45) is 0. The van der Waals surface area contributed by atoms with Crippen molar-refractivity contribution in [1.29, 1.82) is 0 Å². The van der Waals surface area contributed by atoms with E-state index in [2.05, 4.69) is 4.72 Å². The van der Waals surface area contributed by atoms with Crippen molar-refractivity contribution in [1.82, 2.24) is 4.72 Å². The summed E-state index contributed by atoms with van der Waals surface area (Å²) in [4.78, 5) is 12.3. The maximum absolute atomic E-state index is 12.7. The van der Waals surface area contributed by atoms with Crippen LogP contribution < -0.4 is 4.72 Å². The summed E-state index contributed by atoms with van der Waals surface area (Å²) < 4.78 is 15.5. The molecule has 0 radical (unpaired) electrons. The van der Waals surface area contributed by atoms with Crippen LogP contribution in [0.5, 0.6) is 0 Å². The highest BCUT2D eigenvalue weighted by Crippen LogP contribution is 2.30. The first-order valence-corrected chi connectivity index (χ1v) is 8.58. The Morgan fingerprint density at radius 3 is 2.05 bits per heavy atom. The van der Waals surface area contributed by atoms with Gasteiger partial charge in [-0.3, -0.25) is 4.79 Å². The van der Waals surface area contributed by atoms with Crippen molar-refractivity contribution in [3.05, 3.63) is 28.8 Å². The molecule has 0 aromatic heterocycles. The molecule has 0 heterocycles. The van der Waals surface area contributed by atoms with Gasteiger partial charge in [0.25, 0.3) is 0 Å². The minimum Gasteiger partial charge on any atom is -0.593 e. The molecule has 0 amide bonds. The highest BCUT2D eigenvalue weighted by molar-refractivity contribution is 7.89. The summed E-state index contributed by atoms with van der Waals surface area (Å²) in [6, 6.07) is 3.07. The second-order valence-electron chi connectivity index (χ2n) is 7.09. The monoisotopic (exact) mass is 325 g/mol. The fourth-order valence-electron chi connectivity index (χ4n) is 2.50. The van der Waals surface area contributed by atoms with Gasteiger partial charge < -0.3 is 9.66 Å². The summed E-state index contributed by atoms with van der Waals surface area (Å²) in [7, 11) is 0. The summed E-state index contributed by atoms with van der Waals surface area (Å²) in [5.74, 6) is -1.14. The Bertz CT molecular complexity index is 528. The zero-order valence-electron chi connectivity index (χ0n) is 14.5. The predicted octanol–water partition coefficient (Wildman–Crippen LogP) is 3.36. The van der Waals surface area contributed by atoms with E-state index in [0.29, 0.717) is 4.90 Å². The van der Waals surface area contributed by atoms with Gasteiger partial charge in [-0.1, -0.05) is 45.4 Å². The Hall–Kier alpha value is -1.04. The molecule has 0 aliphatic carbocycles. The second kappa shape index (κ2) is 7.02. The lowest BCUT2D eigenvalue weighted by Crippen LogP contribution is -2.48. The van der Waals surface area contributed by atoms with Crippen molar-refractivity contribution in [2.45, 2.75) is 59.4 Å². The molecule has 1 aromatic carbocycles. The Morgan fingerprint density at radius 2 is 1.68 bits per heavy atom. The molecule has 3 atom stereocenters. The van der Waals surface area contributed by atoms with Crippen LogP contribution in [0.4, 0.5) is 0 Å². The minimum atomic E-state index is -1.55. The zero-order chi connectivity index (χ0) is 17.2. The third kappa shape index (κ3) is 4.48. The molecule has 0 spiro atoms. The van der Waals surface area contributed by atoms with Gasteiger partial charge in [0.05, 0.1) is 11.4 Å². The summed E-state index contributed by atoms with van der Waals surface area (Å²) >= 11 is -1.55. The normalized spacial score (nSPS) is 16.2. The summed E-state index contributed by atoms with van der Waals surface area (Å²) in [5, 5.41) is 9.49. The number of carboxylic acid groups (broad SMARTS) is 1. The van der Waals surface area contributed by atoms with E-state index in [1.165, 1.54) is 0 Å². The molecule has 4 nitrogen and oxygen atoms in total. The first-order valence-electron chi connectivity index (χ1n) is 7.43. The zero-order valence-corrected chi connectivity index (χ0v) is 15.3. The Morgan fingerprint density at radius 1 is 1.23 bits per heavy atom. The van der Waals surface area contributed by atoms with Gasteiger partial charge in [-0.05, 0) is 32.1 Å². The van der Waals surface area contributed by atoms with Gasteiger partial charge in [0.15, 0.2) is 10.9 Å². The first-order chi connectivity index (χ1) is 9.95. The lowest BCUT2D eigenvalue weighted by Gasteiger charge is -2.32. The highest BCUT2D eigenvalue weighted by atomic mass is 32.2. The molecule has 0 aliphatic heterocycles. The number of hydrogen-bond acceptors (Lipinski definition) is 3. The average Bonchev–Trinajstić information content (AvgIpc) is 2.32. The Balaban J connectivity index is 3.08. The molecule has 0 saturated carbocycles. The fourth-order valence-corrected chi connectivity index (χ4v) is 3.86. The average molecular weight is 325 g/mol. The quantitative estimate of drug-likeness (QED) is 0.814. The van der Waals surface area contributed by atoms with E-state index in [9.17, 15) is 14.5 Å². The number of aryl methyl sites for hydroxylation is 3. The lowest BCUT2D eigenvalue weighted by atomic mass is 9.78. The molecule has 5 heteroatoms. The van der Waals surface area contributed by atoms with Gasteiger partial charge in [-0.2, -0.15) is 0 Å². The summed E-state index contributed by atoms with van der Waals surface area (Å²) in [6.45, 7) is 13.6. The van der Waals surface area contributed by atoms with E-state index in [0.717, 1.165) is 16.7 Å². The van der Waals surface area contributed by atoms with Crippen LogP contribution in [0.15, 0.2) is 17.0 Å². The third-order valence-corrected chi connectivity index (χ3v) is 5.64. The second-order valence-corrected chi connectivity index (χ2v) is 8.27. The van der Waals surface area contributed by atoms with E-state index in [-0.39, 0.29) is 11.3 Å². The van der Waals surface area contributed by atoms with Crippen molar-refractivity contribution in [2.75, 3.05) is 0 Å². The van der Waals surface area contributed by atoms with Gasteiger partial charge in [-0.25, -0.2) is 0 Å². The molecule has 1 unspecified atom stereocenters. The molecular weight excluding hydrogens is 298 g/mol. The van der Waals surface area contributed by atoms with Crippen LogP contribution in [0.2, 0.25) is 0 Å². The van der Waals surface area contributed by atoms with Crippen molar-refractivity contribution < 1.29 is 14.5 Å². The van der Waals surface area contributed by atoms with Crippen LogP contribution in [0.1, 0.15) is 44.4 Å². The largest absolute Gasteiger partial charge is 0.593 e. The molecule has 22 heavy (non-hydrogen) atoms. The van der Waals surface area contributed by atoms with Gasteiger partial charge in [-0.15, -0.1) is 4.72 Å². The number of carbonyl (C=O) groups is 1. The maximum atomic E-state index is 12.7. The van der Waals surface area contributed by atoms with Gasteiger partial charge in [0, 0.05) is 11.1 Å². The van der Waals surface area contributed by atoms with Crippen LogP contribution in [0.25, 0.3) is 0 Å². The van der Waals surface area contributed by atoms with Gasteiger partial charge in [0.1, 0.15) is 0 Å². The van der Waals surface area contributed by atoms with Crippen molar-refractivity contribution in [2.24, 2.45) is 11.3 Å². The third-order valence-electron chi connectivity index (χ3n) is 4.16. The molecule has 1 rings (SSSR count). The van der Waals surface area contributed by atoms with Crippen LogP contribution >= 0.6 is 0 Å². The van der Waals surface area contributed by atoms with E-state index in [1.54, 1.807) is 0 Å². The maximum Gasteiger partial charge on any atom is 0.325 e. The summed E-state index contributed by atoms with van der Waals surface area (Å²) in [5.41, 5.74) is 2.73. The van der Waals surface area contributed by atoms with Crippen LogP contribution in [-0.2, 0) is 16.2 Å². The fraction of sp³-hybridized carbons (Fsp3) is 0.588. The predicted molar refractivity (Wildman–Crippen MR) is 90.2 cm³/mol. The molecule has 0 saturated heterocycles. The van der Waals surface area contributed by atoms with Crippen LogP contribution in [0, 0.1) is 32.1 Å². The Kier molecular flexibility index (Phi) is 6.07. The minimum absolute atomic E-state index is 0.167. The number of hydrogen-bond donors (Lipinski definition) is 2. The smallest absolute Gasteiger partial charge is 0.325 e. The van der Waals surface area contributed by atoms with E-state index >= 15 is 0 Å². The number of benzene rings is 1. The Labute approximate surface area is 136 Å². The highest BCUT2D eigenvalue weighted by Gasteiger charge is 2.37. The van der Waals surface area contributed by atoms with Crippen molar-refractivity contribution >= 4 is 17.3 Å². The number of rotatable bonds is 5. The van der Waals surface area contributed by atoms with E-state index in [4.69, 9.17) is 0 Å². The molecule has 124 valence electrons. The van der Waals surface area contributed by atoms with E-state index < -0.39 is 23.4 Å². The topological polar surface area (TPSA) is 72.4 Å². The number of aliphatic carboxylic acids is 1. The first kappa shape index (κ1) is 19.0. The van der Waals surface area contributed by atoms with Crippen molar-refractivity contribution in [3.8, 4) is 0 Å². The molecule has 0 fully saturated rings. The van der Waals surface area contributed by atoms with E-state index in [1.807, 2.05) is 60.6 Å². The SMILES string of the molecule is Cc1cc(C)c([S+]([O-])N[C@H](C(=O)O)[C@@H](C)C(C)(C)C)c(C)c1. The number of carboxylic acids is 1.